The Morgan fingerprint density at radius 1 is 1.07 bits per heavy atom. The van der Waals surface area contributed by atoms with Crippen LogP contribution in [0.5, 0.6) is 0 Å². The van der Waals surface area contributed by atoms with E-state index in [9.17, 15) is 13.2 Å². The van der Waals surface area contributed by atoms with Crippen LogP contribution >= 0.6 is 0 Å². The fourth-order valence-electron chi connectivity index (χ4n) is 3.40. The summed E-state index contributed by atoms with van der Waals surface area (Å²) in [5.41, 5.74) is 3.07. The number of hydrogen-bond acceptors (Lipinski definition) is 3. The molecule has 1 atom stereocenters. The molecule has 164 valence electrons. The Balaban J connectivity index is 2.11. The molecule has 0 spiro atoms. The van der Waals surface area contributed by atoms with Crippen molar-refractivity contribution < 1.29 is 13.2 Å². The Kier molecular flexibility index (Phi) is 8.90. The van der Waals surface area contributed by atoms with Gasteiger partial charge in [-0.25, -0.2) is 8.42 Å². The van der Waals surface area contributed by atoms with E-state index in [4.69, 9.17) is 0 Å². The quantitative estimate of drug-likeness (QED) is 0.551. The minimum absolute atomic E-state index is 0.124. The highest BCUT2D eigenvalue weighted by atomic mass is 32.2. The van der Waals surface area contributed by atoms with Gasteiger partial charge < -0.3 is 5.32 Å². The normalized spacial score (nSPS) is 12.4. The van der Waals surface area contributed by atoms with E-state index in [1.165, 1.54) is 17.0 Å². The summed E-state index contributed by atoms with van der Waals surface area (Å²) < 4.78 is 26.2. The van der Waals surface area contributed by atoms with Crippen molar-refractivity contribution in [2.75, 3.05) is 17.1 Å². The monoisotopic (exact) mass is 430 g/mol. The lowest BCUT2D eigenvalue weighted by atomic mass is 9.99. The van der Waals surface area contributed by atoms with Crippen LogP contribution in [-0.4, -0.2) is 27.1 Å². The molecule has 0 saturated heterocycles. The van der Waals surface area contributed by atoms with Gasteiger partial charge in [-0.1, -0.05) is 57.4 Å². The van der Waals surface area contributed by atoms with Crippen molar-refractivity contribution in [2.45, 2.75) is 53.0 Å². The molecule has 0 heterocycles. The molecular formula is C24H34N2O3S. The maximum Gasteiger partial charge on any atom is 0.251 e. The fourth-order valence-corrected chi connectivity index (χ4v) is 4.28. The van der Waals surface area contributed by atoms with Crippen LogP contribution < -0.4 is 9.62 Å². The summed E-state index contributed by atoms with van der Waals surface area (Å²) >= 11 is 0. The minimum Gasteiger partial charge on any atom is -0.352 e. The Morgan fingerprint density at radius 2 is 1.73 bits per heavy atom. The summed E-state index contributed by atoms with van der Waals surface area (Å²) in [5.74, 6) is 0.365. The van der Waals surface area contributed by atoms with E-state index in [2.05, 4.69) is 19.2 Å². The van der Waals surface area contributed by atoms with Crippen LogP contribution in [-0.2, 0) is 16.6 Å². The zero-order valence-corrected chi connectivity index (χ0v) is 19.3. The number of rotatable bonds is 11. The van der Waals surface area contributed by atoms with Gasteiger partial charge in [0.15, 0.2) is 0 Å². The Labute approximate surface area is 181 Å². The van der Waals surface area contributed by atoms with Crippen LogP contribution in [0, 0.1) is 12.8 Å². The molecule has 0 aliphatic rings. The largest absolute Gasteiger partial charge is 0.352 e. The summed E-state index contributed by atoms with van der Waals surface area (Å²) in [7, 11) is -3.47. The Bertz CT molecular complexity index is 924. The van der Waals surface area contributed by atoms with E-state index in [-0.39, 0.29) is 12.5 Å². The minimum atomic E-state index is -3.47. The van der Waals surface area contributed by atoms with E-state index < -0.39 is 10.0 Å². The van der Waals surface area contributed by atoms with Gasteiger partial charge in [-0.3, -0.25) is 9.10 Å². The van der Waals surface area contributed by atoms with E-state index in [0.29, 0.717) is 23.7 Å². The zero-order valence-electron chi connectivity index (χ0n) is 18.5. The van der Waals surface area contributed by atoms with Gasteiger partial charge in [-0.05, 0) is 54.7 Å². The fraction of sp³-hybridized carbons (Fsp3) is 0.458. The number of carbonyl (C=O) groups excluding carboxylic acids is 1. The van der Waals surface area contributed by atoms with Crippen molar-refractivity contribution in [1.29, 1.82) is 0 Å². The molecule has 0 bridgehead atoms. The highest BCUT2D eigenvalue weighted by Crippen LogP contribution is 2.22. The average molecular weight is 431 g/mol. The lowest BCUT2D eigenvalue weighted by Gasteiger charge is -2.23. The van der Waals surface area contributed by atoms with Gasteiger partial charge in [0.25, 0.3) is 5.91 Å². The van der Waals surface area contributed by atoms with Crippen molar-refractivity contribution >= 4 is 21.6 Å². The van der Waals surface area contributed by atoms with Gasteiger partial charge in [0, 0.05) is 12.1 Å². The Morgan fingerprint density at radius 3 is 2.30 bits per heavy atom. The molecule has 0 aliphatic carbocycles. The van der Waals surface area contributed by atoms with Crippen molar-refractivity contribution in [3.63, 3.8) is 0 Å². The molecule has 2 aromatic rings. The van der Waals surface area contributed by atoms with Gasteiger partial charge in [0.2, 0.25) is 10.0 Å². The van der Waals surface area contributed by atoms with Gasteiger partial charge >= 0.3 is 0 Å². The summed E-state index contributed by atoms with van der Waals surface area (Å²) in [6, 6.07) is 14.5. The van der Waals surface area contributed by atoms with Crippen LogP contribution in [0.15, 0.2) is 48.5 Å². The zero-order chi connectivity index (χ0) is 22.1. The van der Waals surface area contributed by atoms with Gasteiger partial charge in [0.1, 0.15) is 0 Å². The summed E-state index contributed by atoms with van der Waals surface area (Å²) in [4.78, 5) is 12.5. The number of sulfonamides is 1. The molecule has 0 saturated carbocycles. The lowest BCUT2D eigenvalue weighted by Crippen LogP contribution is -2.30. The van der Waals surface area contributed by atoms with Crippen molar-refractivity contribution in [3.05, 3.63) is 65.2 Å². The van der Waals surface area contributed by atoms with Gasteiger partial charge in [-0.15, -0.1) is 0 Å². The molecule has 5 nitrogen and oxygen atoms in total. The first-order valence-corrected chi connectivity index (χ1v) is 12.5. The van der Waals surface area contributed by atoms with E-state index in [1.54, 1.807) is 24.3 Å². The predicted octanol–water partition coefficient (Wildman–Crippen LogP) is 4.91. The molecule has 6 heteroatoms. The first kappa shape index (κ1) is 23.9. The third-order valence-electron chi connectivity index (χ3n) is 5.49. The number of nitrogens with one attached hydrogen (secondary N) is 1. The van der Waals surface area contributed by atoms with Gasteiger partial charge in [0.05, 0.1) is 18.5 Å². The molecular weight excluding hydrogens is 396 g/mol. The first-order valence-electron chi connectivity index (χ1n) is 10.7. The molecule has 1 N–H and O–H groups in total. The number of nitrogens with zero attached hydrogens (tertiary/aromatic N) is 1. The van der Waals surface area contributed by atoms with Crippen LogP contribution in [0.1, 0.15) is 61.0 Å². The van der Waals surface area contributed by atoms with Crippen LogP contribution in [0.2, 0.25) is 0 Å². The number of aryl methyl sites for hydroxylation is 1. The third kappa shape index (κ3) is 6.87. The van der Waals surface area contributed by atoms with Crippen molar-refractivity contribution in [1.82, 2.24) is 5.32 Å². The van der Waals surface area contributed by atoms with Crippen LogP contribution in [0.25, 0.3) is 0 Å². The molecule has 0 fully saturated rings. The summed E-state index contributed by atoms with van der Waals surface area (Å²) in [5, 5.41) is 3.01. The second-order valence-corrected chi connectivity index (χ2v) is 9.78. The molecule has 0 aliphatic heterocycles. The third-order valence-corrected chi connectivity index (χ3v) is 6.63. The topological polar surface area (TPSA) is 66.5 Å². The summed E-state index contributed by atoms with van der Waals surface area (Å²) in [6.45, 7) is 7.21. The molecule has 0 radical (unpaired) electrons. The van der Waals surface area contributed by atoms with Gasteiger partial charge in [-0.2, -0.15) is 0 Å². The standard InChI is InChI=1S/C24H34N2O3S/c1-5-7-11-20(6-2)17-25-24(27)21-13-15-23(16-14-21)26(30(4,28)29)18-22-12-9-8-10-19(22)3/h8-10,12-16,20H,5-7,11,17-18H2,1-4H3,(H,25,27). The highest BCUT2D eigenvalue weighted by Gasteiger charge is 2.19. The van der Waals surface area contributed by atoms with E-state index in [0.717, 1.165) is 30.4 Å². The smallest absolute Gasteiger partial charge is 0.251 e. The lowest BCUT2D eigenvalue weighted by molar-refractivity contribution is 0.0946. The number of unbranched alkanes of at least 4 members (excludes halogenated alkanes) is 1. The van der Waals surface area contributed by atoms with E-state index in [1.807, 2.05) is 31.2 Å². The summed E-state index contributed by atoms with van der Waals surface area (Å²) in [6.07, 6.45) is 5.69. The van der Waals surface area contributed by atoms with Crippen LogP contribution in [0.3, 0.4) is 0 Å². The number of carbonyl (C=O) groups is 1. The molecule has 1 amide bonds. The second-order valence-electron chi connectivity index (χ2n) is 7.87. The number of benzene rings is 2. The number of amides is 1. The molecule has 0 aromatic heterocycles. The molecule has 2 rings (SSSR count). The number of hydrogen-bond donors (Lipinski definition) is 1. The second kappa shape index (κ2) is 11.2. The highest BCUT2D eigenvalue weighted by molar-refractivity contribution is 7.92. The average Bonchev–Trinajstić information content (AvgIpc) is 2.72. The van der Waals surface area contributed by atoms with Crippen molar-refractivity contribution in [2.24, 2.45) is 5.92 Å². The molecule has 30 heavy (non-hydrogen) atoms. The molecule has 2 aromatic carbocycles. The molecule has 1 unspecified atom stereocenters. The number of anilines is 1. The predicted molar refractivity (Wildman–Crippen MR) is 124 cm³/mol. The maximum atomic E-state index is 12.5. The first-order chi connectivity index (χ1) is 14.3. The SMILES string of the molecule is CCCCC(CC)CNC(=O)c1ccc(N(Cc2ccccc2C)S(C)(=O)=O)cc1. The van der Waals surface area contributed by atoms with Crippen molar-refractivity contribution in [3.8, 4) is 0 Å². The van der Waals surface area contributed by atoms with E-state index >= 15 is 0 Å². The maximum absolute atomic E-state index is 12.5. The van der Waals surface area contributed by atoms with Crippen LogP contribution in [0.4, 0.5) is 5.69 Å². The Hall–Kier alpha value is -2.34.